The van der Waals surface area contributed by atoms with E-state index in [2.05, 4.69) is 5.32 Å². The Hall–Kier alpha value is -2.63. The van der Waals surface area contributed by atoms with Crippen LogP contribution in [0.3, 0.4) is 0 Å². The van der Waals surface area contributed by atoms with Gasteiger partial charge in [-0.3, -0.25) is 9.59 Å². The van der Waals surface area contributed by atoms with Crippen LogP contribution in [-0.4, -0.2) is 24.3 Å². The van der Waals surface area contributed by atoms with Crippen molar-refractivity contribution >= 4 is 23.3 Å². The van der Waals surface area contributed by atoms with Gasteiger partial charge in [0.25, 0.3) is 5.91 Å². The zero-order valence-electron chi connectivity index (χ0n) is 9.14. The first-order valence-corrected chi connectivity index (χ1v) is 5.06. The summed E-state index contributed by atoms with van der Waals surface area (Å²) in [4.78, 5) is 32.9. The standard InChI is InChI=1S/C12H9NO5/c14-9(2-4-12(16)17)7-1-3-10-8(5-7)13-11(15)6-18-10/h1-5H,6H2,(H,13,15)(H,16,17)/p-1/b4-2+. The Morgan fingerprint density at radius 3 is 2.83 bits per heavy atom. The SMILES string of the molecule is O=C([O-])/C=C/C(=O)c1ccc2c(c1)NC(=O)CO2. The third-order valence-corrected chi connectivity index (χ3v) is 2.27. The largest absolute Gasteiger partial charge is 0.545 e. The number of carboxylic acid groups (broad SMARTS) is 1. The Balaban J connectivity index is 2.25. The lowest BCUT2D eigenvalue weighted by Gasteiger charge is -2.17. The van der Waals surface area contributed by atoms with Crippen LogP contribution in [0.5, 0.6) is 5.75 Å². The number of amides is 1. The summed E-state index contributed by atoms with van der Waals surface area (Å²) in [5.74, 6) is -1.79. The molecule has 18 heavy (non-hydrogen) atoms. The summed E-state index contributed by atoms with van der Waals surface area (Å²) in [5.41, 5.74) is 0.635. The number of aliphatic carboxylic acids is 1. The van der Waals surface area contributed by atoms with Gasteiger partial charge < -0.3 is 20.0 Å². The van der Waals surface area contributed by atoms with E-state index in [4.69, 9.17) is 4.74 Å². The summed E-state index contributed by atoms with van der Waals surface area (Å²) in [5, 5.41) is 12.7. The number of hydrogen-bond acceptors (Lipinski definition) is 5. The third-order valence-electron chi connectivity index (χ3n) is 2.27. The van der Waals surface area contributed by atoms with E-state index in [-0.39, 0.29) is 18.1 Å². The maximum Gasteiger partial charge on any atom is 0.262 e. The summed E-state index contributed by atoms with van der Waals surface area (Å²) in [6.45, 7) is -0.0646. The molecule has 1 aromatic carbocycles. The molecular formula is C12H8NO5-. The summed E-state index contributed by atoms with van der Waals surface area (Å²) < 4.78 is 5.12. The summed E-state index contributed by atoms with van der Waals surface area (Å²) in [6.07, 6.45) is 1.54. The summed E-state index contributed by atoms with van der Waals surface area (Å²) in [7, 11) is 0. The molecule has 1 N–H and O–H groups in total. The molecule has 6 nitrogen and oxygen atoms in total. The second-order valence-corrected chi connectivity index (χ2v) is 3.56. The number of carbonyl (C=O) groups is 3. The normalized spacial score (nSPS) is 13.7. The predicted molar refractivity (Wildman–Crippen MR) is 59.0 cm³/mol. The number of nitrogens with one attached hydrogen (secondary N) is 1. The fourth-order valence-electron chi connectivity index (χ4n) is 1.48. The second kappa shape index (κ2) is 4.70. The van der Waals surface area contributed by atoms with Gasteiger partial charge >= 0.3 is 0 Å². The maximum absolute atomic E-state index is 11.6. The van der Waals surface area contributed by atoms with Crippen molar-refractivity contribution < 1.29 is 24.2 Å². The van der Waals surface area contributed by atoms with Gasteiger partial charge in [-0.05, 0) is 30.4 Å². The van der Waals surface area contributed by atoms with Crippen molar-refractivity contribution in [2.75, 3.05) is 11.9 Å². The molecule has 0 radical (unpaired) electrons. The van der Waals surface area contributed by atoms with Crippen LogP contribution < -0.4 is 15.2 Å². The maximum atomic E-state index is 11.6. The van der Waals surface area contributed by atoms with E-state index >= 15 is 0 Å². The molecule has 1 aliphatic rings. The van der Waals surface area contributed by atoms with Gasteiger partial charge in [-0.25, -0.2) is 0 Å². The van der Waals surface area contributed by atoms with E-state index in [1.165, 1.54) is 18.2 Å². The van der Waals surface area contributed by atoms with E-state index in [0.29, 0.717) is 17.5 Å². The van der Waals surface area contributed by atoms with Crippen LogP contribution in [0.15, 0.2) is 30.4 Å². The van der Waals surface area contributed by atoms with Gasteiger partial charge in [0.2, 0.25) is 0 Å². The van der Waals surface area contributed by atoms with E-state index in [1.807, 2.05) is 0 Å². The minimum absolute atomic E-state index is 0.0646. The first-order chi connectivity index (χ1) is 8.56. The predicted octanol–water partition coefficient (Wildman–Crippen LogP) is -0.494. The molecular weight excluding hydrogens is 238 g/mol. The Bertz CT molecular complexity index is 562. The Kier molecular flexibility index (Phi) is 3.09. The Morgan fingerprint density at radius 2 is 2.11 bits per heavy atom. The molecule has 1 amide bonds. The van der Waals surface area contributed by atoms with Crippen LogP contribution in [0.2, 0.25) is 0 Å². The molecule has 1 aromatic rings. The molecule has 0 spiro atoms. The van der Waals surface area contributed by atoms with Crippen molar-refractivity contribution in [3.63, 3.8) is 0 Å². The number of ketones is 1. The molecule has 0 saturated carbocycles. The van der Waals surface area contributed by atoms with Crippen LogP contribution in [0.25, 0.3) is 0 Å². The summed E-state index contributed by atoms with van der Waals surface area (Å²) in [6, 6.07) is 4.45. The van der Waals surface area contributed by atoms with Crippen LogP contribution in [0, 0.1) is 0 Å². The summed E-state index contributed by atoms with van der Waals surface area (Å²) >= 11 is 0. The zero-order valence-corrected chi connectivity index (χ0v) is 9.14. The number of hydrogen-bond donors (Lipinski definition) is 1. The smallest absolute Gasteiger partial charge is 0.262 e. The number of fused-ring (bicyclic) bond motifs is 1. The molecule has 0 unspecified atom stereocenters. The average Bonchev–Trinajstić information content (AvgIpc) is 2.34. The molecule has 0 bridgehead atoms. The first-order valence-electron chi connectivity index (χ1n) is 5.06. The topological polar surface area (TPSA) is 95.5 Å². The number of rotatable bonds is 3. The van der Waals surface area contributed by atoms with Gasteiger partial charge in [0, 0.05) is 5.56 Å². The second-order valence-electron chi connectivity index (χ2n) is 3.56. The van der Waals surface area contributed by atoms with E-state index in [0.717, 1.165) is 6.08 Å². The lowest BCUT2D eigenvalue weighted by atomic mass is 10.1. The molecule has 0 saturated heterocycles. The van der Waals surface area contributed by atoms with Gasteiger partial charge in [-0.1, -0.05) is 0 Å². The van der Waals surface area contributed by atoms with Crippen molar-refractivity contribution in [3.05, 3.63) is 35.9 Å². The fraction of sp³-hybridized carbons (Fsp3) is 0.0833. The molecule has 92 valence electrons. The number of carbonyl (C=O) groups excluding carboxylic acids is 3. The molecule has 0 atom stereocenters. The van der Waals surface area contributed by atoms with E-state index < -0.39 is 11.8 Å². The first kappa shape index (κ1) is 11.8. The minimum atomic E-state index is -1.45. The minimum Gasteiger partial charge on any atom is -0.545 e. The number of ether oxygens (including phenoxy) is 1. The van der Waals surface area contributed by atoms with Gasteiger partial charge in [0.05, 0.1) is 11.7 Å². The van der Waals surface area contributed by atoms with Crippen LogP contribution >= 0.6 is 0 Å². The van der Waals surface area contributed by atoms with Crippen LogP contribution in [0.4, 0.5) is 5.69 Å². The van der Waals surface area contributed by atoms with Crippen molar-refractivity contribution in [2.24, 2.45) is 0 Å². The highest BCUT2D eigenvalue weighted by Crippen LogP contribution is 2.28. The monoisotopic (exact) mass is 246 g/mol. The lowest BCUT2D eigenvalue weighted by molar-refractivity contribution is -0.297. The van der Waals surface area contributed by atoms with Crippen LogP contribution in [0.1, 0.15) is 10.4 Å². The Morgan fingerprint density at radius 1 is 1.33 bits per heavy atom. The van der Waals surface area contributed by atoms with Crippen LogP contribution in [-0.2, 0) is 9.59 Å². The molecule has 1 aliphatic heterocycles. The van der Waals surface area contributed by atoms with E-state index in [1.54, 1.807) is 0 Å². The quantitative estimate of drug-likeness (QED) is 0.573. The van der Waals surface area contributed by atoms with Gasteiger partial charge in [0.15, 0.2) is 12.4 Å². The average molecular weight is 246 g/mol. The molecule has 6 heteroatoms. The van der Waals surface area contributed by atoms with Crippen molar-refractivity contribution in [1.29, 1.82) is 0 Å². The third kappa shape index (κ3) is 2.54. The number of carboxylic acids is 1. The van der Waals surface area contributed by atoms with Crippen molar-refractivity contribution in [3.8, 4) is 5.75 Å². The molecule has 0 aliphatic carbocycles. The highest BCUT2D eigenvalue weighted by Gasteiger charge is 2.16. The molecule has 2 rings (SSSR count). The number of allylic oxidation sites excluding steroid dienone is 1. The molecule has 0 aromatic heterocycles. The van der Waals surface area contributed by atoms with Gasteiger partial charge in [-0.2, -0.15) is 0 Å². The van der Waals surface area contributed by atoms with Crippen molar-refractivity contribution in [2.45, 2.75) is 0 Å². The zero-order chi connectivity index (χ0) is 13.1. The lowest BCUT2D eigenvalue weighted by Crippen LogP contribution is -2.25. The van der Waals surface area contributed by atoms with Gasteiger partial charge in [0.1, 0.15) is 5.75 Å². The highest BCUT2D eigenvalue weighted by atomic mass is 16.5. The van der Waals surface area contributed by atoms with Crippen molar-refractivity contribution in [1.82, 2.24) is 0 Å². The Labute approximate surface area is 102 Å². The number of anilines is 1. The fourth-order valence-corrected chi connectivity index (χ4v) is 1.48. The molecule has 0 fully saturated rings. The molecule has 1 heterocycles. The van der Waals surface area contributed by atoms with Gasteiger partial charge in [-0.15, -0.1) is 0 Å². The highest BCUT2D eigenvalue weighted by molar-refractivity contribution is 6.08. The number of benzene rings is 1. The van der Waals surface area contributed by atoms with E-state index in [9.17, 15) is 19.5 Å².